The number of aryl methyl sites for hydroxylation is 1. The van der Waals surface area contributed by atoms with Crippen LogP contribution in [-0.4, -0.2) is 34.7 Å². The van der Waals surface area contributed by atoms with E-state index in [2.05, 4.69) is 24.0 Å². The largest absolute Gasteiger partial charge is 0.391 e. The third-order valence-electron chi connectivity index (χ3n) is 5.54. The van der Waals surface area contributed by atoms with E-state index in [9.17, 15) is 5.11 Å². The number of hydrogen-bond acceptors (Lipinski definition) is 3. The van der Waals surface area contributed by atoms with Gasteiger partial charge in [0.25, 0.3) is 0 Å². The number of piperidine rings is 1. The van der Waals surface area contributed by atoms with E-state index in [4.69, 9.17) is 0 Å². The van der Waals surface area contributed by atoms with E-state index < -0.39 is 0 Å². The summed E-state index contributed by atoms with van der Waals surface area (Å²) in [7, 11) is 0. The quantitative estimate of drug-likeness (QED) is 0.888. The van der Waals surface area contributed by atoms with Gasteiger partial charge in [0.1, 0.15) is 0 Å². The number of thiophene rings is 1. The van der Waals surface area contributed by atoms with Gasteiger partial charge in [0, 0.05) is 21.7 Å². The van der Waals surface area contributed by atoms with Gasteiger partial charge in [-0.2, -0.15) is 0 Å². The minimum Gasteiger partial charge on any atom is -0.391 e. The summed E-state index contributed by atoms with van der Waals surface area (Å²) in [5.74, 6) is 0. The highest BCUT2D eigenvalue weighted by Crippen LogP contribution is 2.41. The Bertz CT molecular complexity index is 444. The van der Waals surface area contributed by atoms with Gasteiger partial charge in [0.2, 0.25) is 0 Å². The lowest BCUT2D eigenvalue weighted by molar-refractivity contribution is -0.0377. The molecule has 1 N–H and O–H groups in total. The Balaban J connectivity index is 1.73. The monoisotopic (exact) mass is 307 g/mol. The topological polar surface area (TPSA) is 23.5 Å². The normalized spacial score (nSPS) is 24.3. The summed E-state index contributed by atoms with van der Waals surface area (Å²) in [6.07, 6.45) is 10.7. The second-order valence-electron chi connectivity index (χ2n) is 6.80. The minimum atomic E-state index is -0.193. The summed E-state index contributed by atoms with van der Waals surface area (Å²) in [5.41, 5.74) is 0.0801. The number of aliphatic hydroxyl groups excluding tert-OH is 1. The van der Waals surface area contributed by atoms with Crippen LogP contribution >= 0.6 is 11.3 Å². The van der Waals surface area contributed by atoms with E-state index in [-0.39, 0.29) is 11.6 Å². The molecule has 0 spiro atoms. The second-order valence-corrected chi connectivity index (χ2v) is 8.05. The highest BCUT2D eigenvalue weighted by atomic mass is 32.1. The lowest BCUT2D eigenvalue weighted by Gasteiger charge is -2.46. The molecule has 1 saturated carbocycles. The molecular formula is C18H29NOS. The zero-order valence-electron chi connectivity index (χ0n) is 13.3. The molecule has 1 aromatic heterocycles. The molecule has 1 saturated heterocycles. The van der Waals surface area contributed by atoms with Gasteiger partial charge in [-0.1, -0.05) is 26.2 Å². The van der Waals surface area contributed by atoms with Crippen LogP contribution in [0.1, 0.15) is 61.6 Å². The van der Waals surface area contributed by atoms with Crippen molar-refractivity contribution in [2.75, 3.05) is 13.1 Å². The van der Waals surface area contributed by atoms with E-state index in [1.165, 1.54) is 67.8 Å². The van der Waals surface area contributed by atoms with Crippen LogP contribution in [-0.2, 0) is 12.8 Å². The molecule has 3 rings (SSSR count). The Labute approximate surface area is 133 Å². The van der Waals surface area contributed by atoms with Gasteiger partial charge >= 0.3 is 0 Å². The number of aliphatic hydroxyl groups is 1. The Morgan fingerprint density at radius 1 is 1.10 bits per heavy atom. The fourth-order valence-electron chi connectivity index (χ4n) is 4.29. The molecule has 0 bridgehead atoms. The predicted octanol–water partition coefficient (Wildman–Crippen LogP) is 4.01. The Kier molecular flexibility index (Phi) is 5.03. The fourth-order valence-corrected chi connectivity index (χ4v) is 5.28. The van der Waals surface area contributed by atoms with Crippen molar-refractivity contribution < 1.29 is 5.11 Å². The van der Waals surface area contributed by atoms with Crippen molar-refractivity contribution in [2.45, 2.75) is 76.4 Å². The first kappa shape index (κ1) is 15.5. The first-order chi connectivity index (χ1) is 10.2. The van der Waals surface area contributed by atoms with E-state index >= 15 is 0 Å². The molecule has 0 aromatic carbocycles. The van der Waals surface area contributed by atoms with Crippen molar-refractivity contribution in [3.8, 4) is 0 Å². The molecule has 2 nitrogen and oxygen atoms in total. The lowest BCUT2D eigenvalue weighted by Crippen LogP contribution is -2.57. The average molecular weight is 308 g/mol. The van der Waals surface area contributed by atoms with Gasteiger partial charge in [0.15, 0.2) is 0 Å². The fraction of sp³-hybridized carbons (Fsp3) is 0.778. The second kappa shape index (κ2) is 6.80. The number of nitrogens with zero attached hydrogens (tertiary/aromatic N) is 1. The average Bonchev–Trinajstić information content (AvgIpc) is 3.18. The third kappa shape index (κ3) is 3.20. The summed E-state index contributed by atoms with van der Waals surface area (Å²) in [6, 6.07) is 4.46. The molecule has 0 amide bonds. The first-order valence-electron chi connectivity index (χ1n) is 8.75. The molecule has 1 aromatic rings. The van der Waals surface area contributed by atoms with E-state index in [1.54, 1.807) is 0 Å². The smallest absolute Gasteiger partial charge is 0.0771 e. The van der Waals surface area contributed by atoms with E-state index in [1.807, 2.05) is 11.3 Å². The van der Waals surface area contributed by atoms with Crippen LogP contribution in [0.2, 0.25) is 0 Å². The Morgan fingerprint density at radius 2 is 1.76 bits per heavy atom. The van der Waals surface area contributed by atoms with Crippen LogP contribution in [0.5, 0.6) is 0 Å². The number of rotatable bonds is 5. The minimum absolute atomic E-state index is 0.0801. The lowest BCUT2D eigenvalue weighted by atomic mass is 9.84. The molecule has 2 fully saturated rings. The molecule has 0 radical (unpaired) electrons. The van der Waals surface area contributed by atoms with Crippen molar-refractivity contribution in [2.24, 2.45) is 0 Å². The molecule has 1 aliphatic carbocycles. The summed E-state index contributed by atoms with van der Waals surface area (Å²) in [6.45, 7) is 4.60. The van der Waals surface area contributed by atoms with Crippen LogP contribution in [0.15, 0.2) is 12.1 Å². The van der Waals surface area contributed by atoms with Gasteiger partial charge in [0.05, 0.1) is 6.10 Å². The summed E-state index contributed by atoms with van der Waals surface area (Å²) >= 11 is 1.89. The van der Waals surface area contributed by atoms with Crippen molar-refractivity contribution in [1.82, 2.24) is 4.90 Å². The maximum atomic E-state index is 11.1. The summed E-state index contributed by atoms with van der Waals surface area (Å²) in [5, 5.41) is 11.1. The van der Waals surface area contributed by atoms with Crippen molar-refractivity contribution >= 4 is 11.3 Å². The van der Waals surface area contributed by atoms with Crippen molar-refractivity contribution in [3.05, 3.63) is 21.9 Å². The number of hydrogen-bond donors (Lipinski definition) is 1. The molecule has 1 unspecified atom stereocenters. The molecule has 2 heterocycles. The highest BCUT2D eigenvalue weighted by molar-refractivity contribution is 7.11. The predicted molar refractivity (Wildman–Crippen MR) is 90.0 cm³/mol. The van der Waals surface area contributed by atoms with Crippen LogP contribution in [0.3, 0.4) is 0 Å². The van der Waals surface area contributed by atoms with Gasteiger partial charge in [-0.15, -0.1) is 11.3 Å². The van der Waals surface area contributed by atoms with E-state index in [0.29, 0.717) is 0 Å². The first-order valence-corrected chi connectivity index (χ1v) is 9.57. The molecule has 21 heavy (non-hydrogen) atoms. The molecule has 1 atom stereocenters. The Morgan fingerprint density at radius 3 is 2.38 bits per heavy atom. The summed E-state index contributed by atoms with van der Waals surface area (Å²) in [4.78, 5) is 5.45. The maximum absolute atomic E-state index is 11.1. The van der Waals surface area contributed by atoms with Gasteiger partial charge in [-0.25, -0.2) is 0 Å². The maximum Gasteiger partial charge on any atom is 0.0771 e. The number of likely N-dealkylation sites (tertiary alicyclic amines) is 1. The molecule has 3 heteroatoms. The van der Waals surface area contributed by atoms with Gasteiger partial charge < -0.3 is 5.11 Å². The molecule has 118 valence electrons. The third-order valence-corrected chi connectivity index (χ3v) is 6.79. The zero-order valence-corrected chi connectivity index (χ0v) is 14.1. The zero-order chi connectivity index (χ0) is 14.7. The highest BCUT2D eigenvalue weighted by Gasteiger charge is 2.45. The standard InChI is InChI=1S/C18H29NOS/c1-2-15-8-9-16(21-15)14-17(20)18(10-4-5-11-18)19-12-6-3-7-13-19/h8-9,17,20H,2-7,10-14H2,1H3. The van der Waals surface area contributed by atoms with Crippen LogP contribution in [0.25, 0.3) is 0 Å². The molecular weight excluding hydrogens is 278 g/mol. The van der Waals surface area contributed by atoms with Crippen molar-refractivity contribution in [3.63, 3.8) is 0 Å². The van der Waals surface area contributed by atoms with Gasteiger partial charge in [-0.05, 0) is 57.3 Å². The summed E-state index contributed by atoms with van der Waals surface area (Å²) < 4.78 is 0. The van der Waals surface area contributed by atoms with Crippen molar-refractivity contribution in [1.29, 1.82) is 0 Å². The van der Waals surface area contributed by atoms with Crippen LogP contribution < -0.4 is 0 Å². The van der Waals surface area contributed by atoms with Gasteiger partial charge in [-0.3, -0.25) is 4.90 Å². The van der Waals surface area contributed by atoms with Crippen LogP contribution in [0.4, 0.5) is 0 Å². The Hall–Kier alpha value is -0.380. The van der Waals surface area contributed by atoms with E-state index in [0.717, 1.165) is 12.8 Å². The SMILES string of the molecule is CCc1ccc(CC(O)C2(N3CCCCC3)CCCC2)s1. The molecule has 2 aliphatic rings. The van der Waals surface area contributed by atoms with Crippen LogP contribution in [0, 0.1) is 0 Å². The molecule has 1 aliphatic heterocycles.